The number of methoxy groups -OCH3 is 1. The summed E-state index contributed by atoms with van der Waals surface area (Å²) in [7, 11) is 1.36. The Hall–Kier alpha value is -2.91. The van der Waals surface area contributed by atoms with Crippen molar-refractivity contribution in [2.45, 2.75) is 39.3 Å². The Morgan fingerprint density at radius 2 is 1.86 bits per heavy atom. The lowest BCUT2D eigenvalue weighted by atomic mass is 10.0. The van der Waals surface area contributed by atoms with Gasteiger partial charge >= 0.3 is 6.09 Å². The summed E-state index contributed by atoms with van der Waals surface area (Å²) in [5.74, 6) is -1.04. The van der Waals surface area contributed by atoms with Gasteiger partial charge < -0.3 is 19.3 Å². The highest BCUT2D eigenvalue weighted by molar-refractivity contribution is 6.34. The molecule has 192 valence electrons. The zero-order valence-electron chi connectivity index (χ0n) is 20.5. The maximum absolute atomic E-state index is 15.9. The summed E-state index contributed by atoms with van der Waals surface area (Å²) in [6, 6.07) is 5.47. The fraction of sp³-hybridized carbons (Fsp3) is 0.400. The highest BCUT2D eigenvalue weighted by Gasteiger charge is 2.32. The number of benzene rings is 2. The average Bonchev–Trinajstić information content (AvgIpc) is 2.79. The summed E-state index contributed by atoms with van der Waals surface area (Å²) >= 11 is 12.7. The number of carbonyl (C=O) groups excluding carboxylic acids is 1. The summed E-state index contributed by atoms with van der Waals surface area (Å²) in [6.07, 6.45) is -0.405. The van der Waals surface area contributed by atoms with E-state index in [9.17, 15) is 9.18 Å². The van der Waals surface area contributed by atoms with Gasteiger partial charge in [-0.1, -0.05) is 17.7 Å². The van der Waals surface area contributed by atoms with E-state index >= 15 is 4.39 Å². The van der Waals surface area contributed by atoms with Crippen LogP contribution < -0.4 is 9.64 Å². The van der Waals surface area contributed by atoms with Gasteiger partial charge in [-0.2, -0.15) is 4.98 Å². The van der Waals surface area contributed by atoms with Crippen LogP contribution in [0.4, 0.5) is 19.4 Å². The van der Waals surface area contributed by atoms with Crippen molar-refractivity contribution < 1.29 is 23.0 Å². The van der Waals surface area contributed by atoms with Gasteiger partial charge in [0.1, 0.15) is 28.5 Å². The van der Waals surface area contributed by atoms with E-state index < -0.39 is 23.3 Å². The molecule has 0 saturated carbocycles. The zero-order chi connectivity index (χ0) is 26.4. The van der Waals surface area contributed by atoms with Gasteiger partial charge in [-0.25, -0.2) is 18.6 Å². The number of anilines is 1. The Bertz CT molecular complexity index is 1330. The van der Waals surface area contributed by atoms with Crippen molar-refractivity contribution in [2.24, 2.45) is 0 Å². The molecule has 0 spiro atoms. The highest BCUT2D eigenvalue weighted by atomic mass is 35.5. The molecule has 11 heteroatoms. The maximum Gasteiger partial charge on any atom is 0.410 e. The number of hydrogen-bond acceptors (Lipinski definition) is 6. The van der Waals surface area contributed by atoms with Crippen LogP contribution in [0.1, 0.15) is 27.7 Å². The van der Waals surface area contributed by atoms with Gasteiger partial charge in [-0.3, -0.25) is 0 Å². The van der Waals surface area contributed by atoms with Crippen molar-refractivity contribution in [1.29, 1.82) is 0 Å². The fourth-order valence-electron chi connectivity index (χ4n) is 4.28. The van der Waals surface area contributed by atoms with Crippen LogP contribution >= 0.6 is 23.2 Å². The molecule has 1 fully saturated rings. The number of halogens is 4. The van der Waals surface area contributed by atoms with Crippen molar-refractivity contribution in [3.63, 3.8) is 0 Å². The van der Waals surface area contributed by atoms with Gasteiger partial charge in [0, 0.05) is 36.6 Å². The maximum atomic E-state index is 15.9. The fourth-order valence-corrected chi connectivity index (χ4v) is 4.73. The minimum atomic E-state index is -0.841. The van der Waals surface area contributed by atoms with Gasteiger partial charge in [0.05, 0.1) is 17.7 Å². The Morgan fingerprint density at radius 3 is 2.50 bits per heavy atom. The summed E-state index contributed by atoms with van der Waals surface area (Å²) in [4.78, 5) is 24.5. The second-order valence-electron chi connectivity index (χ2n) is 9.55. The largest absolute Gasteiger partial charge is 0.496 e. The number of piperazine rings is 1. The van der Waals surface area contributed by atoms with Crippen LogP contribution in [0.2, 0.25) is 10.3 Å². The Kier molecular flexibility index (Phi) is 7.16. The molecule has 7 nitrogen and oxygen atoms in total. The molecular weight excluding hydrogens is 513 g/mol. The number of hydrogen-bond donors (Lipinski definition) is 0. The second-order valence-corrected chi connectivity index (χ2v) is 10.3. The number of rotatable bonds is 3. The lowest BCUT2D eigenvalue weighted by Crippen LogP contribution is -2.54. The SMILES string of the molecule is COc1cccc(F)c1-c1c(Cl)cc2c(N3CCN(C(=O)OC(C)(C)C)C[C@@H]3C)nc(Cl)nc2c1F. The molecule has 2 heterocycles. The monoisotopic (exact) mass is 538 g/mol. The predicted octanol–water partition coefficient (Wildman–Crippen LogP) is 6.34. The standard InChI is InChI=1S/C25H26Cl2F2N4O3/c1-13-12-32(24(34)36-25(2,3)4)9-10-33(13)22-14-11-15(26)18(20(29)21(14)30-23(27)31-22)19-16(28)7-6-8-17(19)35-5/h6-8,11,13H,9-10,12H2,1-5H3/t13-/m0/s1. The quantitative estimate of drug-likeness (QED) is 0.362. The molecule has 1 atom stereocenters. The zero-order valence-corrected chi connectivity index (χ0v) is 22.0. The first kappa shape index (κ1) is 26.2. The van der Waals surface area contributed by atoms with E-state index in [2.05, 4.69) is 9.97 Å². The minimum absolute atomic E-state index is 0.0318. The first-order valence-electron chi connectivity index (χ1n) is 11.3. The Balaban J connectivity index is 1.77. The summed E-state index contributed by atoms with van der Waals surface area (Å²) in [5, 5.41) is 0.112. The molecule has 0 aliphatic carbocycles. The third kappa shape index (κ3) is 4.99. The molecule has 1 aliphatic heterocycles. The molecule has 3 aromatic rings. The molecule has 2 aromatic carbocycles. The van der Waals surface area contributed by atoms with E-state index in [1.165, 1.54) is 31.4 Å². The smallest absolute Gasteiger partial charge is 0.410 e. The molecule has 0 N–H and O–H groups in total. The lowest BCUT2D eigenvalue weighted by Gasteiger charge is -2.41. The summed E-state index contributed by atoms with van der Waals surface area (Å²) in [5.41, 5.74) is -1.00. The molecule has 0 radical (unpaired) electrons. The first-order valence-corrected chi connectivity index (χ1v) is 12.1. The molecular formula is C25H26Cl2F2N4O3. The van der Waals surface area contributed by atoms with Crippen molar-refractivity contribution in [3.8, 4) is 16.9 Å². The topological polar surface area (TPSA) is 67.8 Å². The number of carbonyl (C=O) groups is 1. The minimum Gasteiger partial charge on any atom is -0.496 e. The van der Waals surface area contributed by atoms with Gasteiger partial charge in [0.2, 0.25) is 5.28 Å². The molecule has 0 bridgehead atoms. The van der Waals surface area contributed by atoms with Crippen LogP contribution in [0.5, 0.6) is 5.75 Å². The highest BCUT2D eigenvalue weighted by Crippen LogP contribution is 2.43. The van der Waals surface area contributed by atoms with Crippen LogP contribution in [0, 0.1) is 11.6 Å². The van der Waals surface area contributed by atoms with Gasteiger partial charge in [0.15, 0.2) is 5.82 Å². The first-order chi connectivity index (χ1) is 16.9. The van der Waals surface area contributed by atoms with Crippen molar-refractivity contribution in [2.75, 3.05) is 31.6 Å². The molecule has 4 rings (SSSR count). The Morgan fingerprint density at radius 1 is 1.14 bits per heavy atom. The van der Waals surface area contributed by atoms with Crippen LogP contribution in [-0.4, -0.2) is 59.3 Å². The molecule has 1 aromatic heterocycles. The van der Waals surface area contributed by atoms with Crippen molar-refractivity contribution >= 4 is 46.0 Å². The third-order valence-corrected chi connectivity index (χ3v) is 6.30. The summed E-state index contributed by atoms with van der Waals surface area (Å²) in [6.45, 7) is 8.46. The molecule has 1 aliphatic rings. The number of fused-ring (bicyclic) bond motifs is 1. The van der Waals surface area contributed by atoms with Crippen molar-refractivity contribution in [3.05, 3.63) is 46.2 Å². The van der Waals surface area contributed by atoms with E-state index in [-0.39, 0.29) is 38.7 Å². The van der Waals surface area contributed by atoms with Crippen molar-refractivity contribution in [1.82, 2.24) is 14.9 Å². The molecule has 0 unspecified atom stereocenters. The van der Waals surface area contributed by atoms with Crippen LogP contribution in [0.15, 0.2) is 24.3 Å². The van der Waals surface area contributed by atoms with E-state index in [4.69, 9.17) is 32.7 Å². The van der Waals surface area contributed by atoms with E-state index in [1.807, 2.05) is 32.6 Å². The number of ether oxygens (including phenoxy) is 2. The third-order valence-electron chi connectivity index (χ3n) is 5.83. The van der Waals surface area contributed by atoms with Gasteiger partial charge in [-0.15, -0.1) is 0 Å². The molecule has 1 saturated heterocycles. The van der Waals surface area contributed by atoms with Crippen LogP contribution in [0.3, 0.4) is 0 Å². The number of amides is 1. The van der Waals surface area contributed by atoms with Crippen LogP contribution in [0.25, 0.3) is 22.0 Å². The van der Waals surface area contributed by atoms with E-state index in [1.54, 1.807) is 4.90 Å². The van der Waals surface area contributed by atoms with E-state index in [0.717, 1.165) is 0 Å². The van der Waals surface area contributed by atoms with Gasteiger partial charge in [0.25, 0.3) is 0 Å². The predicted molar refractivity (Wildman–Crippen MR) is 136 cm³/mol. The van der Waals surface area contributed by atoms with Gasteiger partial charge in [-0.05, 0) is 57.5 Å². The molecule has 1 amide bonds. The number of nitrogens with zero attached hydrogens (tertiary/aromatic N) is 4. The summed E-state index contributed by atoms with van der Waals surface area (Å²) < 4.78 is 41.4. The number of aromatic nitrogens is 2. The Labute approximate surface area is 217 Å². The molecule has 36 heavy (non-hydrogen) atoms. The lowest BCUT2D eigenvalue weighted by molar-refractivity contribution is 0.0218. The normalized spacial score (nSPS) is 16.4. The average molecular weight is 539 g/mol. The van der Waals surface area contributed by atoms with E-state index in [0.29, 0.717) is 30.8 Å². The van der Waals surface area contributed by atoms with Crippen LogP contribution in [-0.2, 0) is 4.74 Å². The second kappa shape index (κ2) is 9.86.